The number of ether oxygens (including phenoxy) is 2. The van der Waals surface area contributed by atoms with E-state index in [2.05, 4.69) is 0 Å². The summed E-state index contributed by atoms with van der Waals surface area (Å²) in [5.41, 5.74) is 1.28. The zero-order chi connectivity index (χ0) is 15.3. The van der Waals surface area contributed by atoms with E-state index in [-0.39, 0.29) is 23.8 Å². The van der Waals surface area contributed by atoms with E-state index in [1.807, 2.05) is 41.5 Å². The SMILES string of the molecule is CC(C)(C)OC(=O)C1C/C1=C1\CC1C(=O)OC(C)(C)C. The number of esters is 2. The molecule has 0 aromatic heterocycles. The van der Waals surface area contributed by atoms with Crippen molar-refractivity contribution in [3.05, 3.63) is 11.1 Å². The van der Waals surface area contributed by atoms with Crippen LogP contribution in [-0.4, -0.2) is 23.1 Å². The zero-order valence-electron chi connectivity index (χ0n) is 13.2. The van der Waals surface area contributed by atoms with Crippen molar-refractivity contribution in [1.29, 1.82) is 0 Å². The van der Waals surface area contributed by atoms with E-state index in [1.165, 1.54) is 0 Å². The standard InChI is InChI=1S/C16H24O4/c1-15(2,3)19-13(17)11-7-9(11)10-8-12(10)14(18)20-16(4,5)6/h11-12H,7-8H2,1-6H3/b10-9-. The van der Waals surface area contributed by atoms with Gasteiger partial charge in [-0.2, -0.15) is 0 Å². The molecule has 0 radical (unpaired) electrons. The maximum Gasteiger partial charge on any atom is 0.313 e. The molecule has 2 rings (SSSR count). The molecule has 0 saturated heterocycles. The number of hydrogen-bond acceptors (Lipinski definition) is 4. The van der Waals surface area contributed by atoms with E-state index >= 15 is 0 Å². The van der Waals surface area contributed by atoms with Gasteiger partial charge in [-0.15, -0.1) is 0 Å². The Morgan fingerprint density at radius 2 is 1.10 bits per heavy atom. The van der Waals surface area contributed by atoms with E-state index < -0.39 is 11.2 Å². The first-order chi connectivity index (χ1) is 8.98. The number of hydrogen-bond donors (Lipinski definition) is 0. The van der Waals surface area contributed by atoms with Gasteiger partial charge in [-0.3, -0.25) is 9.59 Å². The quantitative estimate of drug-likeness (QED) is 0.576. The third-order valence-corrected chi connectivity index (χ3v) is 3.16. The highest BCUT2D eigenvalue weighted by Crippen LogP contribution is 2.53. The minimum Gasteiger partial charge on any atom is -0.459 e. The number of carbonyl (C=O) groups is 2. The lowest BCUT2D eigenvalue weighted by molar-refractivity contribution is -0.157. The predicted octanol–water partition coefficient (Wildman–Crippen LogP) is 3.01. The second kappa shape index (κ2) is 4.61. The van der Waals surface area contributed by atoms with Crippen LogP contribution in [0.2, 0.25) is 0 Å². The largest absolute Gasteiger partial charge is 0.459 e. The summed E-state index contributed by atoms with van der Waals surface area (Å²) in [4.78, 5) is 23.8. The Kier molecular flexibility index (Phi) is 3.47. The van der Waals surface area contributed by atoms with Gasteiger partial charge in [0.2, 0.25) is 0 Å². The fourth-order valence-corrected chi connectivity index (χ4v) is 2.23. The first kappa shape index (κ1) is 15.1. The summed E-state index contributed by atoms with van der Waals surface area (Å²) in [5, 5.41) is 0. The summed E-state index contributed by atoms with van der Waals surface area (Å²) in [5.74, 6) is -0.599. The van der Waals surface area contributed by atoms with Crippen molar-refractivity contribution in [2.45, 2.75) is 65.6 Å². The molecule has 0 aromatic rings. The average Bonchev–Trinajstić information content (AvgIpc) is 3.06. The van der Waals surface area contributed by atoms with Gasteiger partial charge in [-0.25, -0.2) is 0 Å². The molecule has 2 saturated carbocycles. The normalized spacial score (nSPS) is 28.9. The molecule has 20 heavy (non-hydrogen) atoms. The maximum atomic E-state index is 11.9. The lowest BCUT2D eigenvalue weighted by Crippen LogP contribution is -2.25. The fraction of sp³-hybridized carbons (Fsp3) is 0.750. The van der Waals surface area contributed by atoms with E-state index in [0.717, 1.165) is 24.0 Å². The minimum atomic E-state index is -0.455. The van der Waals surface area contributed by atoms with Crippen LogP contribution in [0.25, 0.3) is 0 Å². The van der Waals surface area contributed by atoms with Crippen LogP contribution in [0.3, 0.4) is 0 Å². The highest BCUT2D eigenvalue weighted by molar-refractivity contribution is 5.87. The van der Waals surface area contributed by atoms with Crippen LogP contribution in [0, 0.1) is 11.8 Å². The smallest absolute Gasteiger partial charge is 0.313 e. The predicted molar refractivity (Wildman–Crippen MR) is 74.9 cm³/mol. The van der Waals surface area contributed by atoms with Gasteiger partial charge in [-0.1, -0.05) is 11.1 Å². The van der Waals surface area contributed by atoms with Gasteiger partial charge in [0, 0.05) is 0 Å². The molecule has 2 atom stereocenters. The van der Waals surface area contributed by atoms with Crippen molar-refractivity contribution in [2.75, 3.05) is 0 Å². The van der Waals surface area contributed by atoms with Gasteiger partial charge in [0.25, 0.3) is 0 Å². The summed E-state index contributed by atoms with van der Waals surface area (Å²) in [6.45, 7) is 11.2. The monoisotopic (exact) mass is 280 g/mol. The molecule has 0 aliphatic heterocycles. The second-order valence-electron chi connectivity index (χ2n) is 7.63. The molecule has 112 valence electrons. The van der Waals surface area contributed by atoms with Crippen LogP contribution < -0.4 is 0 Å². The Labute approximate surface area is 120 Å². The van der Waals surface area contributed by atoms with Gasteiger partial charge in [-0.05, 0) is 54.4 Å². The molecular weight excluding hydrogens is 256 g/mol. The zero-order valence-corrected chi connectivity index (χ0v) is 13.2. The third kappa shape index (κ3) is 3.84. The van der Waals surface area contributed by atoms with Crippen molar-refractivity contribution in [3.8, 4) is 0 Å². The van der Waals surface area contributed by atoms with Gasteiger partial charge in [0.1, 0.15) is 11.2 Å². The molecule has 0 spiro atoms. The fourth-order valence-electron chi connectivity index (χ4n) is 2.23. The molecule has 0 aromatic carbocycles. The van der Waals surface area contributed by atoms with Gasteiger partial charge < -0.3 is 9.47 Å². The average molecular weight is 280 g/mol. The molecule has 2 fully saturated rings. The van der Waals surface area contributed by atoms with Gasteiger partial charge in [0.15, 0.2) is 0 Å². The summed E-state index contributed by atoms with van der Waals surface area (Å²) < 4.78 is 10.7. The number of rotatable bonds is 2. The minimum absolute atomic E-state index is 0.128. The van der Waals surface area contributed by atoms with Crippen LogP contribution >= 0.6 is 0 Å². The molecule has 2 aliphatic rings. The lowest BCUT2D eigenvalue weighted by atomic mass is 10.2. The Hall–Kier alpha value is -1.32. The van der Waals surface area contributed by atoms with E-state index in [9.17, 15) is 9.59 Å². The summed E-state index contributed by atoms with van der Waals surface area (Å²) in [7, 11) is 0. The van der Waals surface area contributed by atoms with Crippen LogP contribution in [0.15, 0.2) is 11.1 Å². The molecule has 4 heteroatoms. The first-order valence-corrected chi connectivity index (χ1v) is 7.15. The molecule has 4 nitrogen and oxygen atoms in total. The van der Waals surface area contributed by atoms with Crippen molar-refractivity contribution in [3.63, 3.8) is 0 Å². The lowest BCUT2D eigenvalue weighted by Gasteiger charge is -2.19. The van der Waals surface area contributed by atoms with Crippen LogP contribution in [0.5, 0.6) is 0 Å². The van der Waals surface area contributed by atoms with Gasteiger partial charge in [0.05, 0.1) is 11.8 Å². The molecule has 0 amide bonds. The molecule has 2 unspecified atom stereocenters. The summed E-state index contributed by atoms with van der Waals surface area (Å²) in [6, 6.07) is 0. The first-order valence-electron chi connectivity index (χ1n) is 7.15. The van der Waals surface area contributed by atoms with Crippen molar-refractivity contribution >= 4 is 11.9 Å². The highest BCUT2D eigenvalue weighted by atomic mass is 16.6. The molecule has 2 aliphatic carbocycles. The highest BCUT2D eigenvalue weighted by Gasteiger charge is 2.50. The van der Waals surface area contributed by atoms with Crippen LogP contribution in [0.1, 0.15) is 54.4 Å². The topological polar surface area (TPSA) is 52.6 Å². The Morgan fingerprint density at radius 3 is 1.35 bits per heavy atom. The summed E-state index contributed by atoms with van der Waals surface area (Å²) in [6.07, 6.45) is 1.48. The third-order valence-electron chi connectivity index (χ3n) is 3.16. The molecular formula is C16H24O4. The number of carbonyl (C=O) groups excluding carboxylic acids is 2. The van der Waals surface area contributed by atoms with Crippen molar-refractivity contribution < 1.29 is 19.1 Å². The van der Waals surface area contributed by atoms with E-state index in [4.69, 9.17) is 9.47 Å². The maximum absolute atomic E-state index is 11.9. The molecule has 0 N–H and O–H groups in total. The van der Waals surface area contributed by atoms with E-state index in [1.54, 1.807) is 0 Å². The molecule has 0 heterocycles. The Morgan fingerprint density at radius 1 is 0.800 bits per heavy atom. The Bertz CT molecular complexity index is 430. The van der Waals surface area contributed by atoms with Gasteiger partial charge >= 0.3 is 11.9 Å². The Balaban J connectivity index is 1.90. The van der Waals surface area contributed by atoms with Crippen molar-refractivity contribution in [2.24, 2.45) is 11.8 Å². The van der Waals surface area contributed by atoms with Crippen molar-refractivity contribution in [1.82, 2.24) is 0 Å². The van der Waals surface area contributed by atoms with E-state index in [0.29, 0.717) is 0 Å². The molecule has 0 bridgehead atoms. The second-order valence-corrected chi connectivity index (χ2v) is 7.63. The van der Waals surface area contributed by atoms with Crippen LogP contribution in [-0.2, 0) is 19.1 Å². The summed E-state index contributed by atoms with van der Waals surface area (Å²) >= 11 is 0. The van der Waals surface area contributed by atoms with Crippen LogP contribution in [0.4, 0.5) is 0 Å².